The molecule has 0 radical (unpaired) electrons. The summed E-state index contributed by atoms with van der Waals surface area (Å²) in [7, 11) is 0. The Balaban J connectivity index is 1.55. The minimum absolute atomic E-state index is 0.0620. The molecule has 2 fully saturated rings. The van der Waals surface area contributed by atoms with Crippen molar-refractivity contribution in [2.45, 2.75) is 13.0 Å². The Morgan fingerprint density at radius 1 is 1.30 bits per heavy atom. The van der Waals surface area contributed by atoms with Gasteiger partial charge in [0.15, 0.2) is 0 Å². The lowest BCUT2D eigenvalue weighted by Gasteiger charge is -2.22. The van der Waals surface area contributed by atoms with Crippen LogP contribution in [-0.4, -0.2) is 36.5 Å². The van der Waals surface area contributed by atoms with E-state index in [1.807, 2.05) is 30.3 Å². The van der Waals surface area contributed by atoms with Crippen molar-refractivity contribution in [2.75, 3.05) is 19.6 Å². The summed E-state index contributed by atoms with van der Waals surface area (Å²) in [6, 6.07) is 9.60. The van der Waals surface area contributed by atoms with Gasteiger partial charge in [0.1, 0.15) is 6.61 Å². The van der Waals surface area contributed by atoms with Gasteiger partial charge in [0.25, 0.3) is 0 Å². The van der Waals surface area contributed by atoms with Crippen LogP contribution in [0.3, 0.4) is 0 Å². The van der Waals surface area contributed by atoms with Crippen molar-refractivity contribution in [1.82, 2.24) is 10.2 Å². The number of rotatable bonds is 2. The predicted octanol–water partition coefficient (Wildman–Crippen LogP) is 1.39. The van der Waals surface area contributed by atoms with E-state index in [0.717, 1.165) is 12.0 Å². The molecule has 2 heterocycles. The summed E-state index contributed by atoms with van der Waals surface area (Å²) < 4.78 is 5.31. The third kappa shape index (κ3) is 2.61. The second-order valence-corrected chi connectivity index (χ2v) is 5.39. The van der Waals surface area contributed by atoms with Gasteiger partial charge < -0.3 is 15.0 Å². The lowest BCUT2D eigenvalue weighted by Crippen LogP contribution is -2.41. The van der Waals surface area contributed by atoms with E-state index in [2.05, 4.69) is 5.32 Å². The number of hydrogen-bond acceptors (Lipinski definition) is 3. The Bertz CT molecular complexity index is 503. The molecule has 2 amide bonds. The number of fused-ring (bicyclic) bond motifs is 1. The van der Waals surface area contributed by atoms with Crippen LogP contribution in [0.1, 0.15) is 12.0 Å². The number of nitrogens with zero attached hydrogens (tertiary/aromatic N) is 1. The Morgan fingerprint density at radius 2 is 2.10 bits per heavy atom. The number of ether oxygens (including phenoxy) is 1. The number of carbonyl (C=O) groups is 2. The van der Waals surface area contributed by atoms with Gasteiger partial charge in [-0.3, -0.25) is 4.79 Å². The SMILES string of the molecule is O=C1NCC[C@H]2CN(C(=O)OCc3ccccc3)C[C@@H]12. The molecule has 5 nitrogen and oxygen atoms in total. The van der Waals surface area contributed by atoms with E-state index in [1.54, 1.807) is 4.90 Å². The highest BCUT2D eigenvalue weighted by atomic mass is 16.6. The average molecular weight is 274 g/mol. The van der Waals surface area contributed by atoms with Crippen molar-refractivity contribution in [3.63, 3.8) is 0 Å². The van der Waals surface area contributed by atoms with Crippen molar-refractivity contribution < 1.29 is 14.3 Å². The van der Waals surface area contributed by atoms with Gasteiger partial charge >= 0.3 is 6.09 Å². The standard InChI is InChI=1S/C15H18N2O3/c18-14-13-9-17(8-12(13)6-7-16-14)15(19)20-10-11-4-2-1-3-5-11/h1-5,12-13H,6-10H2,(H,16,18)/t12-,13+/m0/s1. The van der Waals surface area contributed by atoms with Gasteiger partial charge in [-0.2, -0.15) is 0 Å². The smallest absolute Gasteiger partial charge is 0.410 e. The Labute approximate surface area is 117 Å². The van der Waals surface area contributed by atoms with Gasteiger partial charge in [0, 0.05) is 19.6 Å². The third-order valence-electron chi connectivity index (χ3n) is 4.06. The molecule has 0 aliphatic carbocycles. The van der Waals surface area contributed by atoms with Gasteiger partial charge in [0.05, 0.1) is 5.92 Å². The first-order valence-corrected chi connectivity index (χ1v) is 6.97. The number of carbonyl (C=O) groups excluding carboxylic acids is 2. The van der Waals surface area contributed by atoms with Crippen LogP contribution in [0.4, 0.5) is 4.79 Å². The first kappa shape index (κ1) is 13.0. The molecular formula is C15H18N2O3. The van der Waals surface area contributed by atoms with Crippen LogP contribution in [0.25, 0.3) is 0 Å². The molecule has 2 aliphatic rings. The molecule has 0 saturated carbocycles. The highest BCUT2D eigenvalue weighted by Crippen LogP contribution is 2.29. The third-order valence-corrected chi connectivity index (χ3v) is 4.06. The normalized spacial score (nSPS) is 25.0. The van der Waals surface area contributed by atoms with Crippen LogP contribution in [0.2, 0.25) is 0 Å². The fourth-order valence-corrected chi connectivity index (χ4v) is 2.93. The van der Waals surface area contributed by atoms with Gasteiger partial charge in [-0.15, -0.1) is 0 Å². The second kappa shape index (κ2) is 5.53. The zero-order chi connectivity index (χ0) is 13.9. The summed E-state index contributed by atoms with van der Waals surface area (Å²) in [6.07, 6.45) is 0.620. The first-order valence-electron chi connectivity index (χ1n) is 6.97. The fourth-order valence-electron chi connectivity index (χ4n) is 2.93. The molecule has 1 aromatic rings. The van der Waals surface area contributed by atoms with E-state index in [9.17, 15) is 9.59 Å². The van der Waals surface area contributed by atoms with E-state index >= 15 is 0 Å². The molecule has 2 saturated heterocycles. The molecule has 0 spiro atoms. The van der Waals surface area contributed by atoms with E-state index in [-0.39, 0.29) is 30.4 Å². The topological polar surface area (TPSA) is 58.6 Å². The summed E-state index contributed by atoms with van der Waals surface area (Å²) in [5.74, 6) is 0.292. The molecule has 0 unspecified atom stereocenters. The highest BCUT2D eigenvalue weighted by Gasteiger charge is 2.41. The van der Waals surface area contributed by atoms with Crippen LogP contribution >= 0.6 is 0 Å². The lowest BCUT2D eigenvalue weighted by molar-refractivity contribution is -0.127. The Hall–Kier alpha value is -2.04. The van der Waals surface area contributed by atoms with Gasteiger partial charge in [-0.25, -0.2) is 4.79 Å². The number of amides is 2. The Kier molecular flexibility index (Phi) is 3.58. The molecule has 1 N–H and O–H groups in total. The van der Waals surface area contributed by atoms with E-state index in [4.69, 9.17) is 4.74 Å². The molecule has 20 heavy (non-hydrogen) atoms. The number of piperidine rings is 1. The van der Waals surface area contributed by atoms with Gasteiger partial charge in [-0.1, -0.05) is 30.3 Å². The Morgan fingerprint density at radius 3 is 2.85 bits per heavy atom. The van der Waals surface area contributed by atoms with Crippen LogP contribution in [0, 0.1) is 11.8 Å². The fraction of sp³-hybridized carbons (Fsp3) is 0.467. The largest absolute Gasteiger partial charge is 0.445 e. The quantitative estimate of drug-likeness (QED) is 0.886. The summed E-state index contributed by atoms with van der Waals surface area (Å²) in [5, 5.41) is 2.85. The first-order chi connectivity index (χ1) is 9.74. The minimum atomic E-state index is -0.323. The summed E-state index contributed by atoms with van der Waals surface area (Å²) in [6.45, 7) is 2.10. The van der Waals surface area contributed by atoms with Crippen LogP contribution in [0.15, 0.2) is 30.3 Å². The maximum atomic E-state index is 12.0. The average Bonchev–Trinajstić information content (AvgIpc) is 2.91. The molecule has 0 bridgehead atoms. The monoisotopic (exact) mass is 274 g/mol. The van der Waals surface area contributed by atoms with Crippen molar-refractivity contribution in [3.8, 4) is 0 Å². The van der Waals surface area contributed by atoms with E-state index < -0.39 is 0 Å². The second-order valence-electron chi connectivity index (χ2n) is 5.39. The summed E-state index contributed by atoms with van der Waals surface area (Å²) in [4.78, 5) is 25.4. The predicted molar refractivity (Wildman–Crippen MR) is 72.8 cm³/mol. The maximum Gasteiger partial charge on any atom is 0.410 e. The number of nitrogens with one attached hydrogen (secondary N) is 1. The molecular weight excluding hydrogens is 256 g/mol. The zero-order valence-electron chi connectivity index (χ0n) is 11.2. The zero-order valence-corrected chi connectivity index (χ0v) is 11.2. The lowest BCUT2D eigenvalue weighted by atomic mass is 9.89. The van der Waals surface area contributed by atoms with Crippen LogP contribution < -0.4 is 5.32 Å². The number of benzene rings is 1. The molecule has 0 aromatic heterocycles. The maximum absolute atomic E-state index is 12.0. The molecule has 5 heteroatoms. The number of hydrogen-bond donors (Lipinski definition) is 1. The van der Waals surface area contributed by atoms with Crippen LogP contribution in [-0.2, 0) is 16.1 Å². The van der Waals surface area contributed by atoms with Crippen molar-refractivity contribution >= 4 is 12.0 Å². The van der Waals surface area contributed by atoms with E-state index in [1.165, 1.54) is 0 Å². The van der Waals surface area contributed by atoms with Gasteiger partial charge in [0.2, 0.25) is 5.91 Å². The molecule has 2 aliphatic heterocycles. The van der Waals surface area contributed by atoms with Crippen molar-refractivity contribution in [3.05, 3.63) is 35.9 Å². The highest BCUT2D eigenvalue weighted by molar-refractivity contribution is 5.81. The van der Waals surface area contributed by atoms with Crippen LogP contribution in [0.5, 0.6) is 0 Å². The minimum Gasteiger partial charge on any atom is -0.445 e. The number of likely N-dealkylation sites (tertiary alicyclic amines) is 1. The van der Waals surface area contributed by atoms with E-state index in [0.29, 0.717) is 19.6 Å². The van der Waals surface area contributed by atoms with Crippen molar-refractivity contribution in [2.24, 2.45) is 11.8 Å². The molecule has 106 valence electrons. The van der Waals surface area contributed by atoms with Gasteiger partial charge in [-0.05, 0) is 17.9 Å². The molecule has 3 rings (SSSR count). The summed E-state index contributed by atoms with van der Waals surface area (Å²) >= 11 is 0. The van der Waals surface area contributed by atoms with Crippen molar-refractivity contribution in [1.29, 1.82) is 0 Å². The molecule has 1 aromatic carbocycles. The molecule has 2 atom stereocenters. The summed E-state index contributed by atoms with van der Waals surface area (Å²) in [5.41, 5.74) is 0.968.